The first-order valence-electron chi connectivity index (χ1n) is 3.56. The molecule has 71 valence electrons. The summed E-state index contributed by atoms with van der Waals surface area (Å²) in [6.07, 6.45) is 1.66. The van der Waals surface area contributed by atoms with Crippen molar-refractivity contribution < 1.29 is 16.5 Å². The molecule has 1 heterocycles. The number of nitrogen functional groups attached to an aromatic ring is 1. The Morgan fingerprint density at radius 3 is 1.92 bits per heavy atom. The predicted molar refractivity (Wildman–Crippen MR) is 52.0 cm³/mol. The molecule has 0 aliphatic rings. The topological polar surface area (TPSA) is 38.9 Å². The Kier molecular flexibility index (Phi) is 10.4. The molecule has 4 heteroatoms. The summed E-state index contributed by atoms with van der Waals surface area (Å²) in [5, 5.41) is 0. The van der Waals surface area contributed by atoms with E-state index in [1.807, 2.05) is 12.1 Å². The summed E-state index contributed by atoms with van der Waals surface area (Å²) in [7, 11) is 0.120. The van der Waals surface area contributed by atoms with Crippen LogP contribution in [0.1, 0.15) is 0 Å². The van der Waals surface area contributed by atoms with Crippen LogP contribution in [0.4, 0.5) is 5.82 Å². The minimum Gasteiger partial charge on any atom is -0.384 e. The molecule has 1 rings (SSSR count). The summed E-state index contributed by atoms with van der Waals surface area (Å²) in [5.74, 6) is 0.572. The number of aromatic nitrogens is 1. The van der Waals surface area contributed by atoms with E-state index in [2.05, 4.69) is 24.6 Å². The molecule has 0 aliphatic carbocycles. The van der Waals surface area contributed by atoms with Crippen LogP contribution in [0.25, 0.3) is 0 Å². The second-order valence-corrected chi connectivity index (χ2v) is 5.75. The van der Waals surface area contributed by atoms with Crippen LogP contribution in [0.5, 0.6) is 0 Å². The van der Waals surface area contributed by atoms with Crippen molar-refractivity contribution in [3.8, 4) is 0 Å². The zero-order chi connectivity index (χ0) is 8.69. The summed E-state index contributed by atoms with van der Waals surface area (Å²) in [4.78, 5) is 3.76. The minimum atomic E-state index is 0. The molecule has 0 saturated carbocycles. The number of anilines is 1. The summed E-state index contributed by atoms with van der Waals surface area (Å²) < 4.78 is 0. The van der Waals surface area contributed by atoms with Crippen molar-refractivity contribution >= 4 is 14.6 Å². The van der Waals surface area contributed by atoms with Crippen molar-refractivity contribution in [3.63, 3.8) is 0 Å². The van der Waals surface area contributed by atoms with Gasteiger partial charge in [0.15, 0.2) is 0 Å². The average molecular weight is 226 g/mol. The van der Waals surface area contributed by atoms with E-state index >= 15 is 0 Å². The van der Waals surface area contributed by atoms with Crippen LogP contribution in [0.2, 0.25) is 19.6 Å². The van der Waals surface area contributed by atoms with E-state index in [-0.39, 0.29) is 25.3 Å². The van der Waals surface area contributed by atoms with Crippen LogP contribution in [0.15, 0.2) is 24.4 Å². The second kappa shape index (κ2) is 8.75. The number of nitrogens with two attached hydrogens (primary N) is 1. The Morgan fingerprint density at radius 1 is 1.25 bits per heavy atom. The van der Waals surface area contributed by atoms with Gasteiger partial charge in [-0.15, -0.1) is 0 Å². The summed E-state index contributed by atoms with van der Waals surface area (Å²) in [6, 6.07) is 5.43. The van der Waals surface area contributed by atoms with Crippen LogP contribution >= 0.6 is 0 Å². The standard InChI is InChI=1S/C5H6N2.C3H9Si.Ni/c6-5-3-1-2-4-7-5;1-4(2)3;/h1-4H,(H2,6,7);1-3H3;. The molecule has 12 heavy (non-hydrogen) atoms. The molecule has 1 aromatic rings. The molecule has 0 saturated heterocycles. The first kappa shape index (κ1) is 14.2. The smallest absolute Gasteiger partial charge is 0.123 e. The third kappa shape index (κ3) is 12.3. The molecule has 0 aliphatic heterocycles. The van der Waals surface area contributed by atoms with Crippen molar-refractivity contribution in [2.75, 3.05) is 5.73 Å². The Balaban J connectivity index is 0. The molecule has 1 aromatic heterocycles. The third-order valence-electron chi connectivity index (χ3n) is 0.688. The van der Waals surface area contributed by atoms with Crippen LogP contribution < -0.4 is 5.73 Å². The Labute approximate surface area is 86.1 Å². The molecular weight excluding hydrogens is 211 g/mol. The largest absolute Gasteiger partial charge is 0.384 e. The Hall–Kier alpha value is -0.340. The van der Waals surface area contributed by atoms with E-state index in [1.165, 1.54) is 0 Å². The van der Waals surface area contributed by atoms with Gasteiger partial charge in [-0.25, -0.2) is 4.98 Å². The first-order valence-corrected chi connectivity index (χ1v) is 6.56. The summed E-state index contributed by atoms with van der Waals surface area (Å²) >= 11 is 0. The van der Waals surface area contributed by atoms with Crippen LogP contribution in [-0.4, -0.2) is 13.8 Å². The van der Waals surface area contributed by atoms with E-state index in [0.29, 0.717) is 5.82 Å². The molecule has 0 atom stereocenters. The molecule has 2 nitrogen and oxygen atoms in total. The van der Waals surface area contributed by atoms with Gasteiger partial charge in [0.2, 0.25) is 0 Å². The quantitative estimate of drug-likeness (QED) is 0.687. The van der Waals surface area contributed by atoms with Crippen molar-refractivity contribution in [1.82, 2.24) is 4.98 Å². The molecular formula is C8H15N2NiSi. The molecule has 0 bridgehead atoms. The van der Waals surface area contributed by atoms with Crippen LogP contribution in [0.3, 0.4) is 0 Å². The Morgan fingerprint density at radius 2 is 1.75 bits per heavy atom. The van der Waals surface area contributed by atoms with Crippen molar-refractivity contribution in [2.24, 2.45) is 0 Å². The monoisotopic (exact) mass is 225 g/mol. The summed E-state index contributed by atoms with van der Waals surface area (Å²) in [5.41, 5.74) is 5.25. The third-order valence-corrected chi connectivity index (χ3v) is 0.688. The number of nitrogens with zero attached hydrogens (tertiary/aromatic N) is 1. The molecule has 0 fully saturated rings. The number of rotatable bonds is 0. The van der Waals surface area contributed by atoms with E-state index in [1.54, 1.807) is 12.3 Å². The second-order valence-electron chi connectivity index (χ2n) is 2.75. The minimum absolute atomic E-state index is 0. The maximum Gasteiger partial charge on any atom is 0.123 e. The fourth-order valence-electron chi connectivity index (χ4n) is 0.376. The van der Waals surface area contributed by atoms with Gasteiger partial charge in [0.1, 0.15) is 5.82 Å². The molecule has 0 aromatic carbocycles. The fraction of sp³-hybridized carbons (Fsp3) is 0.375. The zero-order valence-electron chi connectivity index (χ0n) is 7.65. The maximum absolute atomic E-state index is 5.25. The maximum atomic E-state index is 5.25. The molecule has 0 spiro atoms. The van der Waals surface area contributed by atoms with E-state index in [4.69, 9.17) is 5.73 Å². The van der Waals surface area contributed by atoms with Gasteiger partial charge in [0.05, 0.1) is 0 Å². The van der Waals surface area contributed by atoms with Gasteiger partial charge in [0, 0.05) is 31.5 Å². The van der Waals surface area contributed by atoms with Crippen molar-refractivity contribution in [2.45, 2.75) is 19.6 Å². The van der Waals surface area contributed by atoms with Gasteiger partial charge < -0.3 is 5.73 Å². The van der Waals surface area contributed by atoms with Crippen LogP contribution in [0, 0.1) is 0 Å². The van der Waals surface area contributed by atoms with Gasteiger partial charge in [-0.1, -0.05) is 25.7 Å². The van der Waals surface area contributed by atoms with Crippen LogP contribution in [-0.2, 0) is 16.5 Å². The molecule has 2 N–H and O–H groups in total. The SMILES string of the molecule is C[Si](C)C.Nc1ccccn1.[Ni]. The molecule has 0 unspecified atom stereocenters. The van der Waals surface area contributed by atoms with E-state index in [0.717, 1.165) is 0 Å². The van der Waals surface area contributed by atoms with Gasteiger partial charge in [-0.2, -0.15) is 0 Å². The fourth-order valence-corrected chi connectivity index (χ4v) is 0.376. The van der Waals surface area contributed by atoms with Crippen molar-refractivity contribution in [3.05, 3.63) is 24.4 Å². The normalized spacial score (nSPS) is 8.00. The van der Waals surface area contributed by atoms with Gasteiger partial charge in [-0.05, 0) is 12.1 Å². The van der Waals surface area contributed by atoms with E-state index in [9.17, 15) is 0 Å². The van der Waals surface area contributed by atoms with E-state index < -0.39 is 0 Å². The molecule has 0 amide bonds. The van der Waals surface area contributed by atoms with Gasteiger partial charge in [-0.3, -0.25) is 0 Å². The van der Waals surface area contributed by atoms with Crippen molar-refractivity contribution in [1.29, 1.82) is 0 Å². The van der Waals surface area contributed by atoms with Gasteiger partial charge in [0.25, 0.3) is 0 Å². The zero-order valence-corrected chi connectivity index (χ0v) is 9.64. The average Bonchev–Trinajstić information content (AvgIpc) is 1.87. The number of hydrogen-bond donors (Lipinski definition) is 1. The first-order chi connectivity index (χ1) is 5.13. The molecule has 1 radical (unpaired) electrons. The number of hydrogen-bond acceptors (Lipinski definition) is 2. The van der Waals surface area contributed by atoms with Gasteiger partial charge >= 0.3 is 0 Å². The predicted octanol–water partition coefficient (Wildman–Crippen LogP) is 2.03. The number of pyridine rings is 1. The summed E-state index contributed by atoms with van der Waals surface area (Å²) in [6.45, 7) is 6.81. The Bertz CT molecular complexity index is 177.